The molecule has 1 rings (SSSR count). The number of anilines is 1. The molecule has 0 saturated carbocycles. The number of sulfone groups is 1. The molecule has 90 valence electrons. The van der Waals surface area contributed by atoms with Crippen LogP contribution in [-0.4, -0.2) is 28.7 Å². The summed E-state index contributed by atoms with van der Waals surface area (Å²) in [5.74, 6) is 0.0664. The molecule has 6 nitrogen and oxygen atoms in total. The van der Waals surface area contributed by atoms with E-state index in [4.69, 9.17) is 5.73 Å². The van der Waals surface area contributed by atoms with Gasteiger partial charge in [-0.3, -0.25) is 0 Å². The zero-order chi connectivity index (χ0) is 12.5. The Morgan fingerprint density at radius 1 is 1.56 bits per heavy atom. The quantitative estimate of drug-likeness (QED) is 0.784. The molecule has 1 aromatic heterocycles. The summed E-state index contributed by atoms with van der Waals surface area (Å²) in [6.07, 6.45) is 0. The van der Waals surface area contributed by atoms with E-state index in [0.717, 1.165) is 5.57 Å². The predicted octanol–water partition coefficient (Wildman–Crippen LogP) is 0.619. The molecule has 0 bridgehead atoms. The second-order valence-corrected chi connectivity index (χ2v) is 6.41. The molecular formula is C9H16N4O2S. The molecule has 0 aliphatic carbocycles. The first-order valence-electron chi connectivity index (χ1n) is 4.84. The van der Waals surface area contributed by atoms with Crippen molar-refractivity contribution >= 4 is 15.7 Å². The maximum absolute atomic E-state index is 11.8. The molecule has 0 fully saturated rings. The molecule has 1 aromatic rings. The van der Waals surface area contributed by atoms with E-state index in [0.29, 0.717) is 6.54 Å². The highest BCUT2D eigenvalue weighted by Gasteiger charge is 2.27. The first-order chi connectivity index (χ1) is 7.26. The smallest absolute Gasteiger partial charge is 0.221 e. The van der Waals surface area contributed by atoms with E-state index < -0.39 is 15.1 Å². The maximum Gasteiger partial charge on any atom is 0.221 e. The van der Waals surface area contributed by atoms with Crippen molar-refractivity contribution in [3.05, 3.63) is 12.2 Å². The lowest BCUT2D eigenvalue weighted by Gasteiger charge is -2.05. The van der Waals surface area contributed by atoms with Crippen LogP contribution in [0.5, 0.6) is 0 Å². The number of rotatable bonds is 4. The van der Waals surface area contributed by atoms with Gasteiger partial charge in [-0.05, 0) is 20.8 Å². The molecule has 16 heavy (non-hydrogen) atoms. The van der Waals surface area contributed by atoms with Crippen molar-refractivity contribution in [2.45, 2.75) is 37.6 Å². The third kappa shape index (κ3) is 2.24. The van der Waals surface area contributed by atoms with E-state index in [2.05, 4.69) is 16.9 Å². The standard InChI is InChI=1S/C9H16N4O2S/c1-6(2)5-13-8(10)9(11-12-13)16(14,15)7(3)4/h7H,1,5,10H2,2-4H3. The van der Waals surface area contributed by atoms with Crippen LogP contribution >= 0.6 is 0 Å². The SMILES string of the molecule is C=C(C)Cn1nnc(S(=O)(=O)C(C)C)c1N. The Morgan fingerprint density at radius 3 is 2.56 bits per heavy atom. The summed E-state index contributed by atoms with van der Waals surface area (Å²) in [7, 11) is -3.47. The topological polar surface area (TPSA) is 90.9 Å². The van der Waals surface area contributed by atoms with Gasteiger partial charge in [-0.1, -0.05) is 17.4 Å². The zero-order valence-corrected chi connectivity index (χ0v) is 10.5. The van der Waals surface area contributed by atoms with Crippen molar-refractivity contribution in [2.24, 2.45) is 0 Å². The van der Waals surface area contributed by atoms with Crippen molar-refractivity contribution in [3.63, 3.8) is 0 Å². The van der Waals surface area contributed by atoms with Crippen molar-refractivity contribution in [1.82, 2.24) is 15.0 Å². The minimum absolute atomic E-state index is 0.0664. The molecule has 2 N–H and O–H groups in total. The van der Waals surface area contributed by atoms with E-state index in [1.807, 2.05) is 0 Å². The normalized spacial score (nSPS) is 12.0. The van der Waals surface area contributed by atoms with Gasteiger partial charge in [-0.25, -0.2) is 13.1 Å². The Bertz CT molecular complexity index is 502. The summed E-state index contributed by atoms with van der Waals surface area (Å²) in [5, 5.41) is 6.61. The van der Waals surface area contributed by atoms with Crippen LogP contribution in [0.3, 0.4) is 0 Å². The first kappa shape index (κ1) is 12.7. The Labute approximate surface area is 95.1 Å². The highest BCUT2D eigenvalue weighted by atomic mass is 32.2. The Kier molecular flexibility index (Phi) is 3.37. The molecule has 7 heteroatoms. The molecular weight excluding hydrogens is 228 g/mol. The van der Waals surface area contributed by atoms with Crippen molar-refractivity contribution in [3.8, 4) is 0 Å². The van der Waals surface area contributed by atoms with E-state index >= 15 is 0 Å². The number of nitrogens with two attached hydrogens (primary N) is 1. The summed E-state index contributed by atoms with van der Waals surface area (Å²) >= 11 is 0. The van der Waals surface area contributed by atoms with E-state index in [1.165, 1.54) is 4.68 Å². The third-order valence-corrected chi connectivity index (χ3v) is 4.12. The minimum Gasteiger partial charge on any atom is -0.381 e. The number of nitrogens with zero attached hydrogens (tertiary/aromatic N) is 3. The summed E-state index contributed by atoms with van der Waals surface area (Å²) in [6.45, 7) is 9.03. The Hall–Kier alpha value is -1.37. The monoisotopic (exact) mass is 244 g/mol. The van der Waals surface area contributed by atoms with E-state index in [1.54, 1.807) is 20.8 Å². The van der Waals surface area contributed by atoms with Gasteiger partial charge in [0.2, 0.25) is 14.9 Å². The number of allylic oxidation sites excluding steroid dienone is 1. The molecule has 0 atom stereocenters. The fourth-order valence-electron chi connectivity index (χ4n) is 1.10. The van der Waals surface area contributed by atoms with Gasteiger partial charge in [0.15, 0.2) is 5.82 Å². The predicted molar refractivity (Wildman–Crippen MR) is 61.6 cm³/mol. The summed E-state index contributed by atoms with van der Waals surface area (Å²) < 4.78 is 25.0. The second kappa shape index (κ2) is 4.25. The third-order valence-electron chi connectivity index (χ3n) is 2.05. The van der Waals surface area contributed by atoms with Crippen LogP contribution in [0.4, 0.5) is 5.82 Å². The number of nitrogen functional groups attached to an aromatic ring is 1. The van der Waals surface area contributed by atoms with Gasteiger partial charge >= 0.3 is 0 Å². The summed E-state index contributed by atoms with van der Waals surface area (Å²) in [6, 6.07) is 0. The van der Waals surface area contributed by atoms with Gasteiger partial charge in [0.25, 0.3) is 0 Å². The molecule has 1 heterocycles. The van der Waals surface area contributed by atoms with Gasteiger partial charge in [0.1, 0.15) is 0 Å². The highest BCUT2D eigenvalue weighted by molar-refractivity contribution is 7.92. The highest BCUT2D eigenvalue weighted by Crippen LogP contribution is 2.19. The maximum atomic E-state index is 11.8. The molecule has 0 unspecified atom stereocenters. The van der Waals surface area contributed by atoms with Crippen LogP contribution in [0, 0.1) is 0 Å². The average molecular weight is 244 g/mol. The average Bonchev–Trinajstić information content (AvgIpc) is 2.47. The fourth-order valence-corrected chi connectivity index (χ4v) is 2.10. The van der Waals surface area contributed by atoms with Crippen LogP contribution in [0.15, 0.2) is 17.2 Å². The molecule has 0 aliphatic rings. The molecule has 0 saturated heterocycles. The van der Waals surface area contributed by atoms with Gasteiger partial charge in [0, 0.05) is 0 Å². The lowest BCUT2D eigenvalue weighted by molar-refractivity contribution is 0.583. The number of aromatic nitrogens is 3. The largest absolute Gasteiger partial charge is 0.381 e. The summed E-state index contributed by atoms with van der Waals surface area (Å²) in [4.78, 5) is 0. The number of hydrogen-bond donors (Lipinski definition) is 1. The first-order valence-corrected chi connectivity index (χ1v) is 6.38. The second-order valence-electron chi connectivity index (χ2n) is 3.99. The van der Waals surface area contributed by atoms with Gasteiger partial charge in [-0.2, -0.15) is 0 Å². The van der Waals surface area contributed by atoms with Gasteiger partial charge in [0.05, 0.1) is 11.8 Å². The van der Waals surface area contributed by atoms with Crippen molar-refractivity contribution < 1.29 is 8.42 Å². The molecule has 0 amide bonds. The van der Waals surface area contributed by atoms with Crippen molar-refractivity contribution in [1.29, 1.82) is 0 Å². The van der Waals surface area contributed by atoms with Crippen LogP contribution < -0.4 is 5.73 Å². The Balaban J connectivity index is 3.20. The number of hydrogen-bond acceptors (Lipinski definition) is 5. The van der Waals surface area contributed by atoms with Crippen LogP contribution in [-0.2, 0) is 16.4 Å². The van der Waals surface area contributed by atoms with Crippen molar-refractivity contribution in [2.75, 3.05) is 5.73 Å². The lowest BCUT2D eigenvalue weighted by Crippen LogP contribution is -2.16. The zero-order valence-electron chi connectivity index (χ0n) is 9.64. The van der Waals surface area contributed by atoms with E-state index in [9.17, 15) is 8.42 Å². The molecule has 0 aliphatic heterocycles. The van der Waals surface area contributed by atoms with Crippen LogP contribution in [0.1, 0.15) is 20.8 Å². The Morgan fingerprint density at radius 2 is 2.12 bits per heavy atom. The van der Waals surface area contributed by atoms with Gasteiger partial charge in [-0.15, -0.1) is 5.10 Å². The van der Waals surface area contributed by atoms with E-state index in [-0.39, 0.29) is 10.8 Å². The lowest BCUT2D eigenvalue weighted by atomic mass is 10.3. The minimum atomic E-state index is -3.47. The van der Waals surface area contributed by atoms with Gasteiger partial charge < -0.3 is 5.73 Å². The molecule has 0 radical (unpaired) electrons. The fraction of sp³-hybridized carbons (Fsp3) is 0.556. The van der Waals surface area contributed by atoms with Crippen LogP contribution in [0.2, 0.25) is 0 Å². The van der Waals surface area contributed by atoms with Crippen LogP contribution in [0.25, 0.3) is 0 Å². The molecule has 0 spiro atoms. The molecule has 0 aromatic carbocycles. The summed E-state index contributed by atoms with van der Waals surface area (Å²) in [5.41, 5.74) is 6.52.